The van der Waals surface area contributed by atoms with Gasteiger partial charge in [-0.05, 0) is 79.8 Å². The molecule has 1 aliphatic rings. The van der Waals surface area contributed by atoms with Crippen LogP contribution in [0.2, 0.25) is 0 Å². The fourth-order valence-electron chi connectivity index (χ4n) is 4.92. The van der Waals surface area contributed by atoms with Gasteiger partial charge in [-0.25, -0.2) is 4.98 Å². The van der Waals surface area contributed by atoms with Crippen LogP contribution >= 0.6 is 11.3 Å². The first-order valence-electron chi connectivity index (χ1n) is 12.0. The van der Waals surface area contributed by atoms with Gasteiger partial charge in [0.05, 0.1) is 25.3 Å². The van der Waals surface area contributed by atoms with Gasteiger partial charge >= 0.3 is 5.97 Å². The number of nitrogens with zero attached hydrogens (tertiary/aromatic N) is 3. The SMILES string of the molecule is COc1ccc2nccc([C@@H](O)CCC3CCN(CC#Cc4nccs4)CC3CCC(=O)O)c2c1. The van der Waals surface area contributed by atoms with Crippen molar-refractivity contribution in [3.05, 3.63) is 52.6 Å². The number of hydrogen-bond donors (Lipinski definition) is 2. The quantitative estimate of drug-likeness (QED) is 0.428. The zero-order chi connectivity index (χ0) is 24.6. The molecule has 3 atom stereocenters. The van der Waals surface area contributed by atoms with Crippen molar-refractivity contribution in [3.63, 3.8) is 0 Å². The summed E-state index contributed by atoms with van der Waals surface area (Å²) in [6, 6.07) is 7.56. The third-order valence-corrected chi connectivity index (χ3v) is 7.48. The maximum atomic E-state index is 11.3. The predicted octanol–water partition coefficient (Wildman–Crippen LogP) is 4.37. The number of carboxylic acid groups (broad SMARTS) is 1. The lowest BCUT2D eigenvalue weighted by atomic mass is 9.79. The zero-order valence-corrected chi connectivity index (χ0v) is 20.7. The van der Waals surface area contributed by atoms with Crippen LogP contribution in [0.15, 0.2) is 42.0 Å². The van der Waals surface area contributed by atoms with Crippen molar-refractivity contribution in [2.45, 2.75) is 38.2 Å². The first-order valence-corrected chi connectivity index (χ1v) is 12.8. The molecule has 1 saturated heterocycles. The maximum Gasteiger partial charge on any atom is 0.303 e. The van der Waals surface area contributed by atoms with E-state index in [1.54, 1.807) is 19.5 Å². The van der Waals surface area contributed by atoms with Crippen molar-refractivity contribution in [1.29, 1.82) is 0 Å². The second kappa shape index (κ2) is 12.1. The Labute approximate surface area is 209 Å². The number of aliphatic carboxylic acids is 1. The molecular formula is C27H31N3O4S. The van der Waals surface area contributed by atoms with Crippen LogP contribution < -0.4 is 4.74 Å². The van der Waals surface area contributed by atoms with Crippen LogP contribution in [0.3, 0.4) is 0 Å². The molecule has 1 fully saturated rings. The van der Waals surface area contributed by atoms with Crippen LogP contribution in [-0.4, -0.2) is 57.8 Å². The van der Waals surface area contributed by atoms with E-state index in [-0.39, 0.29) is 12.3 Å². The van der Waals surface area contributed by atoms with Crippen LogP contribution in [0.4, 0.5) is 0 Å². The average Bonchev–Trinajstić information content (AvgIpc) is 3.39. The zero-order valence-electron chi connectivity index (χ0n) is 19.9. The second-order valence-corrected chi connectivity index (χ2v) is 9.89. The number of aliphatic hydroxyl groups is 1. The number of aliphatic hydroxyl groups excluding tert-OH is 1. The number of likely N-dealkylation sites (tertiary alicyclic amines) is 1. The van der Waals surface area contributed by atoms with Gasteiger partial charge in [-0.3, -0.25) is 14.7 Å². The van der Waals surface area contributed by atoms with Crippen molar-refractivity contribution >= 4 is 28.2 Å². The average molecular weight is 494 g/mol. The van der Waals surface area contributed by atoms with Crippen molar-refractivity contribution in [1.82, 2.24) is 14.9 Å². The van der Waals surface area contributed by atoms with Crippen molar-refractivity contribution < 1.29 is 19.7 Å². The number of benzene rings is 1. The molecule has 0 aliphatic carbocycles. The molecule has 0 radical (unpaired) electrons. The van der Waals surface area contributed by atoms with Gasteiger partial charge in [-0.1, -0.05) is 5.92 Å². The Balaban J connectivity index is 1.39. The number of pyridine rings is 1. The van der Waals surface area contributed by atoms with Gasteiger partial charge in [0.25, 0.3) is 0 Å². The third-order valence-electron chi connectivity index (χ3n) is 6.79. The molecule has 0 saturated carbocycles. The van der Waals surface area contributed by atoms with E-state index >= 15 is 0 Å². The van der Waals surface area contributed by atoms with E-state index in [0.717, 1.165) is 53.2 Å². The van der Waals surface area contributed by atoms with Gasteiger partial charge in [0, 0.05) is 36.1 Å². The van der Waals surface area contributed by atoms with Crippen LogP contribution in [0.25, 0.3) is 10.9 Å². The summed E-state index contributed by atoms with van der Waals surface area (Å²) in [5, 5.41) is 24.0. The van der Waals surface area contributed by atoms with Gasteiger partial charge in [0.15, 0.2) is 5.01 Å². The number of thiazole rings is 1. The Bertz CT molecular complexity index is 1190. The fourth-order valence-corrected chi connectivity index (χ4v) is 5.42. The minimum atomic E-state index is -0.762. The number of aromatic nitrogens is 2. The number of carbonyl (C=O) groups is 1. The first-order chi connectivity index (χ1) is 17.0. The molecule has 0 amide bonds. The van der Waals surface area contributed by atoms with Crippen molar-refractivity contribution in [2.24, 2.45) is 11.8 Å². The lowest BCUT2D eigenvalue weighted by Crippen LogP contribution is -2.41. The summed E-state index contributed by atoms with van der Waals surface area (Å²) in [5.41, 5.74) is 1.68. The molecule has 35 heavy (non-hydrogen) atoms. The molecule has 0 bridgehead atoms. The van der Waals surface area contributed by atoms with Crippen molar-refractivity contribution in [2.75, 3.05) is 26.7 Å². The van der Waals surface area contributed by atoms with Gasteiger partial charge in [-0.15, -0.1) is 11.3 Å². The van der Waals surface area contributed by atoms with E-state index in [0.29, 0.717) is 25.3 Å². The summed E-state index contributed by atoms with van der Waals surface area (Å²) in [4.78, 5) is 22.2. The number of hydrogen-bond acceptors (Lipinski definition) is 7. The normalized spacial score (nSPS) is 19.1. The number of rotatable bonds is 9. The number of piperidine rings is 1. The Hall–Kier alpha value is -2.99. The second-order valence-electron chi connectivity index (χ2n) is 8.99. The molecule has 2 N–H and O–H groups in total. The fraction of sp³-hybridized carbons (Fsp3) is 0.444. The molecule has 184 valence electrons. The van der Waals surface area contributed by atoms with E-state index in [1.807, 2.05) is 29.6 Å². The van der Waals surface area contributed by atoms with Gasteiger partial charge < -0.3 is 14.9 Å². The van der Waals surface area contributed by atoms with E-state index in [9.17, 15) is 15.0 Å². The van der Waals surface area contributed by atoms with E-state index in [2.05, 4.69) is 26.7 Å². The molecule has 1 aliphatic heterocycles. The Kier molecular flexibility index (Phi) is 8.69. The van der Waals surface area contributed by atoms with Crippen molar-refractivity contribution in [3.8, 4) is 17.6 Å². The molecule has 8 heteroatoms. The van der Waals surface area contributed by atoms with Crippen LogP contribution in [-0.2, 0) is 4.79 Å². The molecular weight excluding hydrogens is 462 g/mol. The molecule has 7 nitrogen and oxygen atoms in total. The summed E-state index contributed by atoms with van der Waals surface area (Å²) in [5.74, 6) is 6.92. The molecule has 3 heterocycles. The molecule has 0 spiro atoms. The van der Waals surface area contributed by atoms with E-state index in [4.69, 9.17) is 4.74 Å². The standard InChI is InChI=1S/C27H31N3O4S/c1-34-21-6-7-24-23(17-21)22(10-12-28-24)25(31)8-4-19-11-15-30(18-20(19)5-9-27(32)33)14-2-3-26-29-13-16-35-26/h6-7,10,12-13,16-17,19-20,25,31H,4-5,8-9,11,14-15,18H2,1H3,(H,32,33)/t19?,20?,25-/m0/s1. The van der Waals surface area contributed by atoms with Crippen LogP contribution in [0, 0.1) is 23.7 Å². The largest absolute Gasteiger partial charge is 0.497 e. The molecule has 4 rings (SSSR count). The molecule has 3 aromatic rings. The smallest absolute Gasteiger partial charge is 0.303 e. The lowest BCUT2D eigenvalue weighted by Gasteiger charge is -2.38. The Morgan fingerprint density at radius 1 is 1.26 bits per heavy atom. The van der Waals surface area contributed by atoms with Gasteiger partial charge in [-0.2, -0.15) is 0 Å². The predicted molar refractivity (Wildman–Crippen MR) is 136 cm³/mol. The highest BCUT2D eigenvalue weighted by molar-refractivity contribution is 7.10. The molecule has 2 unspecified atom stereocenters. The lowest BCUT2D eigenvalue weighted by molar-refractivity contribution is -0.137. The summed E-state index contributed by atoms with van der Waals surface area (Å²) in [6.07, 6.45) is 6.11. The van der Waals surface area contributed by atoms with Crippen LogP contribution in [0.5, 0.6) is 5.75 Å². The topological polar surface area (TPSA) is 95.8 Å². The molecule has 1 aromatic carbocycles. The highest BCUT2D eigenvalue weighted by Crippen LogP contribution is 2.35. The van der Waals surface area contributed by atoms with Gasteiger partial charge in [0.1, 0.15) is 5.75 Å². The highest BCUT2D eigenvalue weighted by atomic mass is 32.1. The number of fused-ring (bicyclic) bond motifs is 1. The first kappa shape index (κ1) is 25.1. The summed E-state index contributed by atoms with van der Waals surface area (Å²) in [7, 11) is 1.63. The van der Waals surface area contributed by atoms with Crippen LogP contribution in [0.1, 0.15) is 48.8 Å². The van der Waals surface area contributed by atoms with Gasteiger partial charge in [0.2, 0.25) is 0 Å². The summed E-state index contributed by atoms with van der Waals surface area (Å²) in [6.45, 7) is 2.41. The maximum absolute atomic E-state index is 11.3. The minimum absolute atomic E-state index is 0.164. The minimum Gasteiger partial charge on any atom is -0.497 e. The number of carboxylic acids is 1. The number of ether oxygens (including phenoxy) is 1. The van der Waals surface area contributed by atoms with E-state index < -0.39 is 12.1 Å². The summed E-state index contributed by atoms with van der Waals surface area (Å²) >= 11 is 1.53. The highest BCUT2D eigenvalue weighted by Gasteiger charge is 2.29. The Morgan fingerprint density at radius 2 is 2.14 bits per heavy atom. The number of methoxy groups -OCH3 is 1. The monoisotopic (exact) mass is 493 g/mol. The van der Waals surface area contributed by atoms with E-state index in [1.165, 1.54) is 11.3 Å². The Morgan fingerprint density at radius 3 is 2.91 bits per heavy atom. The molecule has 2 aromatic heterocycles. The summed E-state index contributed by atoms with van der Waals surface area (Å²) < 4.78 is 5.36. The third kappa shape index (κ3) is 6.79.